The summed E-state index contributed by atoms with van der Waals surface area (Å²) in [5.74, 6) is -1.39. The summed E-state index contributed by atoms with van der Waals surface area (Å²) >= 11 is 0.654. The van der Waals surface area contributed by atoms with Gasteiger partial charge in [-0.25, -0.2) is 18.9 Å². The number of amides is 3. The monoisotopic (exact) mass is 698 g/mol. The number of aromatic nitrogens is 3. The number of amidine groups is 1. The van der Waals surface area contributed by atoms with Gasteiger partial charge in [-0.1, -0.05) is 17.8 Å². The minimum atomic E-state index is -4.45. The fraction of sp³-hybridized carbons (Fsp3) is 0.207. The number of urea groups is 1. The van der Waals surface area contributed by atoms with Crippen LogP contribution in [-0.4, -0.2) is 55.9 Å². The van der Waals surface area contributed by atoms with Gasteiger partial charge in [-0.2, -0.15) is 31.3 Å². The van der Waals surface area contributed by atoms with Crippen LogP contribution in [0.5, 0.6) is 5.75 Å². The molecule has 3 aromatic carbocycles. The molecule has 1 saturated heterocycles. The number of carbonyl (C=O) groups is 2. The largest absolute Gasteiger partial charge is 0.491 e. The van der Waals surface area contributed by atoms with E-state index in [0.717, 1.165) is 22.7 Å². The van der Waals surface area contributed by atoms with Crippen molar-refractivity contribution >= 4 is 52.0 Å². The molecule has 0 atom stereocenters. The first-order valence-corrected chi connectivity index (χ1v) is 15.2. The summed E-state index contributed by atoms with van der Waals surface area (Å²) in [6, 6.07) is 12.6. The number of benzene rings is 3. The number of aliphatic imine (C=N–C) groups is 1. The first-order valence-electron chi connectivity index (χ1n) is 13.4. The molecule has 0 unspecified atom stereocenters. The van der Waals surface area contributed by atoms with Crippen LogP contribution in [0.1, 0.15) is 12.0 Å². The van der Waals surface area contributed by atoms with Crippen molar-refractivity contribution in [1.82, 2.24) is 14.8 Å². The highest BCUT2D eigenvalue weighted by Gasteiger charge is 2.34. The quantitative estimate of drug-likeness (QED) is 0.147. The van der Waals surface area contributed by atoms with Gasteiger partial charge in [0.05, 0.1) is 35.8 Å². The number of carbonyl (C=O) groups excluding carboxylic acids is 2. The van der Waals surface area contributed by atoms with Crippen molar-refractivity contribution in [2.45, 2.75) is 29.9 Å². The summed E-state index contributed by atoms with van der Waals surface area (Å²) < 4.78 is 97.4. The number of aryl methyl sites for hydroxylation is 1. The van der Waals surface area contributed by atoms with Crippen molar-refractivity contribution in [2.75, 3.05) is 22.6 Å². The molecule has 246 valence electrons. The third kappa shape index (κ3) is 8.82. The SMILES string of the molecule is Cc1ccc(OCCC(F)(F)F)c(N2C(=O)CSC2=NC(=O)Nc2ccc(-c3ncn(-c4ccc(SC(F)(F)F)cc4)n3)cc2F)c1. The van der Waals surface area contributed by atoms with Crippen LogP contribution in [0.3, 0.4) is 0 Å². The molecule has 1 aliphatic heterocycles. The lowest BCUT2D eigenvalue weighted by molar-refractivity contribution is -0.139. The Bertz CT molecular complexity index is 1830. The molecule has 5 rings (SSSR count). The Morgan fingerprint density at radius 2 is 1.81 bits per heavy atom. The normalized spacial score (nSPS) is 14.6. The van der Waals surface area contributed by atoms with Crippen molar-refractivity contribution in [3.8, 4) is 22.8 Å². The number of thioether (sulfide) groups is 2. The zero-order valence-corrected chi connectivity index (χ0v) is 25.5. The van der Waals surface area contributed by atoms with Crippen LogP contribution in [-0.2, 0) is 4.79 Å². The first kappa shape index (κ1) is 33.8. The predicted molar refractivity (Wildman–Crippen MR) is 162 cm³/mol. The Hall–Kier alpha value is -4.58. The van der Waals surface area contributed by atoms with Gasteiger partial charge in [0.2, 0.25) is 5.91 Å². The molecule has 0 spiro atoms. The molecule has 0 aliphatic carbocycles. The highest BCUT2D eigenvalue weighted by Crippen LogP contribution is 2.38. The van der Waals surface area contributed by atoms with Crippen molar-refractivity contribution < 1.29 is 45.1 Å². The van der Waals surface area contributed by atoms with Gasteiger partial charge in [-0.15, -0.1) is 5.10 Å². The number of hydrogen-bond acceptors (Lipinski definition) is 7. The van der Waals surface area contributed by atoms with Gasteiger partial charge < -0.3 is 10.1 Å². The number of ether oxygens (including phenoxy) is 1. The number of rotatable bonds is 8. The Balaban J connectivity index is 1.29. The molecule has 1 fully saturated rings. The van der Waals surface area contributed by atoms with E-state index in [0.29, 0.717) is 11.3 Å². The Morgan fingerprint density at radius 1 is 1.06 bits per heavy atom. The molecule has 3 amide bonds. The second-order valence-corrected chi connectivity index (χ2v) is 11.9. The minimum Gasteiger partial charge on any atom is -0.491 e. The van der Waals surface area contributed by atoms with E-state index in [2.05, 4.69) is 20.4 Å². The molecule has 2 heterocycles. The summed E-state index contributed by atoms with van der Waals surface area (Å²) in [5, 5.41) is 6.45. The van der Waals surface area contributed by atoms with E-state index in [4.69, 9.17) is 4.74 Å². The topological polar surface area (TPSA) is 102 Å². The van der Waals surface area contributed by atoms with E-state index in [9.17, 15) is 35.9 Å². The number of nitrogens with one attached hydrogen (secondary N) is 1. The molecule has 0 radical (unpaired) electrons. The molecule has 0 saturated carbocycles. The third-order valence-electron chi connectivity index (χ3n) is 6.26. The van der Waals surface area contributed by atoms with Crippen LogP contribution in [0.25, 0.3) is 17.1 Å². The zero-order valence-electron chi connectivity index (χ0n) is 23.9. The van der Waals surface area contributed by atoms with E-state index in [1.165, 1.54) is 59.5 Å². The van der Waals surface area contributed by atoms with Crippen LogP contribution < -0.4 is 15.0 Å². The standard InChI is InChI=1S/C29H21F7N6O3S2/c1-16-2-9-23(45-11-10-28(31,32)33)22(12-16)42-24(43)14-46-27(42)39-26(44)38-21-8-3-17(13-20(21)30)25-37-15-41(40-25)18-4-6-19(7-5-18)47-29(34,35)36/h2-9,12-13,15H,10-11,14H2,1H3,(H,38,44). The van der Waals surface area contributed by atoms with E-state index in [1.54, 1.807) is 13.0 Å². The highest BCUT2D eigenvalue weighted by atomic mass is 32.2. The average molecular weight is 699 g/mol. The minimum absolute atomic E-state index is 0.00829. The maximum absolute atomic E-state index is 15.0. The summed E-state index contributed by atoms with van der Waals surface area (Å²) in [7, 11) is 0. The molecule has 9 nitrogen and oxygen atoms in total. The Kier molecular flexibility index (Phi) is 9.81. The molecule has 18 heteroatoms. The van der Waals surface area contributed by atoms with Gasteiger partial charge in [0.15, 0.2) is 11.0 Å². The van der Waals surface area contributed by atoms with E-state index < -0.39 is 42.5 Å². The fourth-order valence-corrected chi connectivity index (χ4v) is 5.59. The van der Waals surface area contributed by atoms with Gasteiger partial charge in [-0.05, 0) is 78.8 Å². The number of hydrogen-bond donors (Lipinski definition) is 1. The Morgan fingerprint density at radius 3 is 2.49 bits per heavy atom. The van der Waals surface area contributed by atoms with Crippen LogP contribution in [0.4, 0.5) is 46.9 Å². The van der Waals surface area contributed by atoms with Gasteiger partial charge in [0.1, 0.15) is 17.9 Å². The number of alkyl halides is 6. The van der Waals surface area contributed by atoms with Crippen LogP contribution >= 0.6 is 23.5 Å². The summed E-state index contributed by atoms with van der Waals surface area (Å²) in [5.41, 5.74) is -3.27. The average Bonchev–Trinajstić information content (AvgIpc) is 3.61. The molecule has 1 aromatic heterocycles. The summed E-state index contributed by atoms with van der Waals surface area (Å²) in [6.45, 7) is 1.01. The van der Waals surface area contributed by atoms with Gasteiger partial charge in [0.25, 0.3) is 0 Å². The summed E-state index contributed by atoms with van der Waals surface area (Å²) in [4.78, 5) is 34.6. The lowest BCUT2D eigenvalue weighted by Gasteiger charge is -2.20. The maximum Gasteiger partial charge on any atom is 0.446 e. The van der Waals surface area contributed by atoms with Gasteiger partial charge in [0, 0.05) is 10.5 Å². The summed E-state index contributed by atoms with van der Waals surface area (Å²) in [6.07, 6.45) is -4.36. The second-order valence-electron chi connectivity index (χ2n) is 9.78. The van der Waals surface area contributed by atoms with Gasteiger partial charge >= 0.3 is 17.7 Å². The number of anilines is 2. The molecule has 1 aliphatic rings. The predicted octanol–water partition coefficient (Wildman–Crippen LogP) is 7.99. The number of nitrogens with zero attached hydrogens (tertiary/aromatic N) is 5. The fourth-order valence-electron chi connectivity index (χ4n) is 4.19. The second kappa shape index (κ2) is 13.6. The maximum atomic E-state index is 15.0. The smallest absolute Gasteiger partial charge is 0.446 e. The molecule has 1 N–H and O–H groups in total. The van der Waals surface area contributed by atoms with Crippen LogP contribution in [0.15, 0.2) is 76.9 Å². The third-order valence-corrected chi connectivity index (χ3v) is 7.92. The molecule has 0 bridgehead atoms. The molecular formula is C29H21F7N6O3S2. The molecule has 4 aromatic rings. The van der Waals surface area contributed by atoms with E-state index >= 15 is 4.39 Å². The van der Waals surface area contributed by atoms with E-state index in [-0.39, 0.29) is 56.1 Å². The molecular weight excluding hydrogens is 677 g/mol. The van der Waals surface area contributed by atoms with Crippen LogP contribution in [0.2, 0.25) is 0 Å². The van der Waals surface area contributed by atoms with Crippen LogP contribution in [0, 0.1) is 12.7 Å². The van der Waals surface area contributed by atoms with Crippen molar-refractivity contribution in [3.05, 3.63) is 78.4 Å². The lowest BCUT2D eigenvalue weighted by Crippen LogP contribution is -2.31. The van der Waals surface area contributed by atoms with Crippen molar-refractivity contribution in [3.63, 3.8) is 0 Å². The van der Waals surface area contributed by atoms with Crippen molar-refractivity contribution in [2.24, 2.45) is 4.99 Å². The van der Waals surface area contributed by atoms with Crippen molar-refractivity contribution in [1.29, 1.82) is 0 Å². The zero-order chi connectivity index (χ0) is 33.9. The Labute approximate surface area is 270 Å². The molecule has 47 heavy (non-hydrogen) atoms. The van der Waals surface area contributed by atoms with E-state index in [1.807, 2.05) is 0 Å². The van der Waals surface area contributed by atoms with Gasteiger partial charge in [-0.3, -0.25) is 9.69 Å². The highest BCUT2D eigenvalue weighted by molar-refractivity contribution is 8.15. The lowest BCUT2D eigenvalue weighted by atomic mass is 10.2. The number of halogens is 7. The first-order chi connectivity index (χ1) is 22.1.